The third-order valence-electron chi connectivity index (χ3n) is 7.36. The van der Waals surface area contributed by atoms with Crippen molar-refractivity contribution in [2.24, 2.45) is 0 Å². The smallest absolute Gasteiger partial charge is 0.232 e. The van der Waals surface area contributed by atoms with Gasteiger partial charge in [0.05, 0.1) is 7.11 Å². The van der Waals surface area contributed by atoms with Gasteiger partial charge in [0.25, 0.3) is 0 Å². The van der Waals surface area contributed by atoms with Crippen molar-refractivity contribution in [1.29, 1.82) is 0 Å². The van der Waals surface area contributed by atoms with Crippen LogP contribution in [0.15, 0.2) is 60.7 Å². The molecule has 2 saturated heterocycles. The molecule has 8 nitrogen and oxygen atoms in total. The van der Waals surface area contributed by atoms with E-state index < -0.39 is 0 Å². The van der Waals surface area contributed by atoms with Gasteiger partial charge in [-0.1, -0.05) is 30.3 Å². The highest BCUT2D eigenvalue weighted by molar-refractivity contribution is 7.80. The van der Waals surface area contributed by atoms with Crippen LogP contribution in [0.25, 0.3) is 0 Å². The molecule has 1 atom stereocenters. The minimum Gasteiger partial charge on any atom is -0.497 e. The van der Waals surface area contributed by atoms with Crippen molar-refractivity contribution < 1.29 is 4.74 Å². The van der Waals surface area contributed by atoms with Gasteiger partial charge in [-0.25, -0.2) is 0 Å². The summed E-state index contributed by atoms with van der Waals surface area (Å²) in [5, 5.41) is 7.04. The number of ether oxygens (including phenoxy) is 1. The predicted molar refractivity (Wildman–Crippen MR) is 160 cm³/mol. The lowest BCUT2D eigenvalue weighted by Gasteiger charge is -2.38. The van der Waals surface area contributed by atoms with Gasteiger partial charge in [-0.05, 0) is 68.2 Å². The highest BCUT2D eigenvalue weighted by atomic mass is 32.1. The minimum absolute atomic E-state index is 0.453. The van der Waals surface area contributed by atoms with Gasteiger partial charge in [-0.15, -0.1) is 0 Å². The Balaban J connectivity index is 1.29. The summed E-state index contributed by atoms with van der Waals surface area (Å²) in [4.78, 5) is 17.0. The Morgan fingerprint density at radius 1 is 0.921 bits per heavy atom. The fourth-order valence-corrected chi connectivity index (χ4v) is 5.29. The number of anilines is 4. The third-order valence-corrected chi connectivity index (χ3v) is 7.61. The summed E-state index contributed by atoms with van der Waals surface area (Å²) in [6, 6.07) is 21.2. The lowest BCUT2D eigenvalue weighted by Crippen LogP contribution is -2.47. The second-order valence-corrected chi connectivity index (χ2v) is 10.3. The van der Waals surface area contributed by atoms with Crippen molar-refractivity contribution in [2.75, 3.05) is 59.9 Å². The van der Waals surface area contributed by atoms with Crippen LogP contribution in [0.5, 0.6) is 5.75 Å². The first-order valence-electron chi connectivity index (χ1n) is 13.5. The van der Waals surface area contributed by atoms with Gasteiger partial charge in [0.1, 0.15) is 17.4 Å². The van der Waals surface area contributed by atoms with E-state index in [2.05, 4.69) is 68.7 Å². The zero-order valence-corrected chi connectivity index (χ0v) is 23.1. The molecule has 1 unspecified atom stereocenters. The standard InChI is InChI=1S/C29H37N7OS/c1-22-8-6-7-15-36(22)27-20-26(35-18-16-34(17-19-35)24-9-4-3-5-10-24)31-28(32-27)33-29(38)30-21-23-11-13-25(37-2)14-12-23/h3-5,9-14,20,22H,6-8,15-19,21H2,1-2H3,(H2,30,31,32,33,38). The molecule has 0 saturated carbocycles. The van der Waals surface area contributed by atoms with Crippen LogP contribution < -0.4 is 30.1 Å². The second-order valence-electron chi connectivity index (χ2n) is 9.91. The number of rotatable bonds is 7. The summed E-state index contributed by atoms with van der Waals surface area (Å²) in [6.07, 6.45) is 3.63. The summed E-state index contributed by atoms with van der Waals surface area (Å²) >= 11 is 5.62. The van der Waals surface area contributed by atoms with Crippen LogP contribution in [-0.2, 0) is 6.54 Å². The Morgan fingerprint density at radius 2 is 1.63 bits per heavy atom. The molecule has 2 aliphatic rings. The average Bonchev–Trinajstić information content (AvgIpc) is 2.97. The van der Waals surface area contributed by atoms with E-state index in [1.807, 2.05) is 24.3 Å². The Morgan fingerprint density at radius 3 is 2.34 bits per heavy atom. The maximum absolute atomic E-state index is 5.62. The van der Waals surface area contributed by atoms with Gasteiger partial charge >= 0.3 is 0 Å². The molecule has 2 aromatic carbocycles. The Labute approximate surface area is 231 Å². The first kappa shape index (κ1) is 26.0. The van der Waals surface area contributed by atoms with Crippen LogP contribution in [0, 0.1) is 0 Å². The molecule has 38 heavy (non-hydrogen) atoms. The number of nitrogens with zero attached hydrogens (tertiary/aromatic N) is 5. The van der Waals surface area contributed by atoms with Crippen molar-refractivity contribution in [2.45, 2.75) is 38.8 Å². The monoisotopic (exact) mass is 531 g/mol. The molecular formula is C29H37N7OS. The third kappa shape index (κ3) is 6.45. The van der Waals surface area contributed by atoms with E-state index in [-0.39, 0.29) is 0 Å². The van der Waals surface area contributed by atoms with Gasteiger partial charge < -0.3 is 30.1 Å². The van der Waals surface area contributed by atoms with Crippen LogP contribution in [0.1, 0.15) is 31.7 Å². The molecule has 5 rings (SSSR count). The molecule has 200 valence electrons. The molecule has 2 aliphatic heterocycles. The van der Waals surface area contributed by atoms with E-state index in [1.165, 1.54) is 24.9 Å². The van der Waals surface area contributed by atoms with E-state index >= 15 is 0 Å². The quantitative estimate of drug-likeness (QED) is 0.423. The van der Waals surface area contributed by atoms with Gasteiger partial charge in [0, 0.05) is 57.1 Å². The first-order valence-corrected chi connectivity index (χ1v) is 13.9. The molecule has 0 spiro atoms. The molecule has 2 fully saturated rings. The number of thiocarbonyl (C=S) groups is 1. The SMILES string of the molecule is COc1ccc(CNC(=S)Nc2nc(N3CCN(c4ccccc4)CC3)cc(N3CCCCC3C)n2)cc1. The summed E-state index contributed by atoms with van der Waals surface area (Å²) in [7, 11) is 1.67. The number of nitrogens with one attached hydrogen (secondary N) is 2. The average molecular weight is 532 g/mol. The molecule has 3 heterocycles. The van der Waals surface area contributed by atoms with Crippen LogP contribution in [-0.4, -0.2) is 61.0 Å². The predicted octanol–water partition coefficient (Wildman–Crippen LogP) is 4.68. The number of hydrogen-bond acceptors (Lipinski definition) is 7. The molecule has 0 bridgehead atoms. The number of benzene rings is 2. The number of aromatic nitrogens is 2. The van der Waals surface area contributed by atoms with E-state index in [1.54, 1.807) is 7.11 Å². The van der Waals surface area contributed by atoms with Crippen molar-refractivity contribution in [3.8, 4) is 5.75 Å². The highest BCUT2D eigenvalue weighted by Gasteiger charge is 2.24. The second kappa shape index (κ2) is 12.3. The Kier molecular flexibility index (Phi) is 8.43. The summed E-state index contributed by atoms with van der Waals surface area (Å²) in [5.41, 5.74) is 2.39. The minimum atomic E-state index is 0.453. The van der Waals surface area contributed by atoms with Gasteiger partial charge in [0.15, 0.2) is 5.11 Å². The topological polar surface area (TPSA) is 68.8 Å². The maximum atomic E-state index is 5.62. The van der Waals surface area contributed by atoms with Crippen LogP contribution in [0.3, 0.4) is 0 Å². The lowest BCUT2D eigenvalue weighted by atomic mass is 10.0. The largest absolute Gasteiger partial charge is 0.497 e. The van der Waals surface area contributed by atoms with Gasteiger partial charge in [0.2, 0.25) is 5.95 Å². The van der Waals surface area contributed by atoms with Crippen molar-refractivity contribution in [3.05, 3.63) is 66.2 Å². The highest BCUT2D eigenvalue weighted by Crippen LogP contribution is 2.28. The molecule has 3 aromatic rings. The number of piperazine rings is 1. The maximum Gasteiger partial charge on any atom is 0.232 e. The Bertz CT molecular complexity index is 1200. The summed E-state index contributed by atoms with van der Waals surface area (Å²) in [5.74, 6) is 3.28. The van der Waals surface area contributed by atoms with Crippen LogP contribution >= 0.6 is 12.2 Å². The van der Waals surface area contributed by atoms with E-state index in [0.29, 0.717) is 23.6 Å². The fourth-order valence-electron chi connectivity index (χ4n) is 5.13. The lowest BCUT2D eigenvalue weighted by molar-refractivity contribution is 0.414. The molecule has 0 amide bonds. The first-order chi connectivity index (χ1) is 18.6. The fraction of sp³-hybridized carbons (Fsp3) is 0.414. The van der Waals surface area contributed by atoms with E-state index in [4.69, 9.17) is 26.9 Å². The molecule has 1 aromatic heterocycles. The van der Waals surface area contributed by atoms with E-state index in [0.717, 1.165) is 55.7 Å². The molecular weight excluding hydrogens is 494 g/mol. The Hall–Kier alpha value is -3.59. The van der Waals surface area contributed by atoms with E-state index in [9.17, 15) is 0 Å². The molecule has 0 aliphatic carbocycles. The number of piperidine rings is 1. The van der Waals surface area contributed by atoms with Gasteiger partial charge in [-0.3, -0.25) is 0 Å². The number of hydrogen-bond donors (Lipinski definition) is 2. The molecule has 0 radical (unpaired) electrons. The van der Waals surface area contributed by atoms with Crippen molar-refractivity contribution in [3.63, 3.8) is 0 Å². The van der Waals surface area contributed by atoms with Crippen LogP contribution in [0.2, 0.25) is 0 Å². The van der Waals surface area contributed by atoms with Crippen molar-refractivity contribution in [1.82, 2.24) is 15.3 Å². The van der Waals surface area contributed by atoms with Crippen LogP contribution in [0.4, 0.5) is 23.3 Å². The van der Waals surface area contributed by atoms with Crippen molar-refractivity contribution >= 4 is 40.6 Å². The summed E-state index contributed by atoms with van der Waals surface area (Å²) < 4.78 is 5.25. The van der Waals surface area contributed by atoms with Gasteiger partial charge in [-0.2, -0.15) is 9.97 Å². The molecule has 9 heteroatoms. The number of methoxy groups -OCH3 is 1. The summed E-state index contributed by atoms with van der Waals surface area (Å²) in [6.45, 7) is 7.61. The normalized spacial score (nSPS) is 17.7. The zero-order valence-electron chi connectivity index (χ0n) is 22.3. The number of para-hydroxylation sites is 1. The molecule has 2 N–H and O–H groups in total. The zero-order chi connectivity index (χ0) is 26.3.